The molecule has 5 heteroatoms. The molecule has 0 spiro atoms. The Bertz CT molecular complexity index is 468. The number of hydrogen-bond acceptors (Lipinski definition) is 3. The summed E-state index contributed by atoms with van der Waals surface area (Å²) in [5.41, 5.74) is -0.401. The van der Waals surface area contributed by atoms with Crippen LogP contribution in [0.15, 0.2) is 29.2 Å². The number of hydrogen-bond donors (Lipinski definition) is 1. The fourth-order valence-corrected chi connectivity index (χ4v) is 1.49. The average molecular weight is 251 g/mol. The minimum absolute atomic E-state index is 0.0178. The molecule has 0 radical (unpaired) electrons. The molecule has 0 aliphatic rings. The van der Waals surface area contributed by atoms with Gasteiger partial charge in [0.25, 0.3) is 5.91 Å². The number of carbonyl (C=O) groups excluding carboxylic acids is 1. The van der Waals surface area contributed by atoms with Crippen molar-refractivity contribution in [1.82, 2.24) is 4.90 Å². The van der Waals surface area contributed by atoms with Crippen LogP contribution in [0.3, 0.4) is 0 Å². The van der Waals surface area contributed by atoms with Gasteiger partial charge < -0.3 is 14.4 Å². The molecule has 0 aliphatic carbocycles. The second kappa shape index (κ2) is 5.08. The van der Waals surface area contributed by atoms with E-state index in [-0.39, 0.29) is 17.4 Å². The van der Waals surface area contributed by atoms with Gasteiger partial charge in [-0.3, -0.25) is 4.79 Å². The van der Waals surface area contributed by atoms with E-state index in [4.69, 9.17) is 9.52 Å². The summed E-state index contributed by atoms with van der Waals surface area (Å²) in [6.45, 7) is 9.62. The molecule has 1 aromatic rings. The highest BCUT2D eigenvalue weighted by Gasteiger charge is 2.28. The Hall–Kier alpha value is -2.04. The van der Waals surface area contributed by atoms with Gasteiger partial charge in [-0.1, -0.05) is 6.08 Å². The summed E-state index contributed by atoms with van der Waals surface area (Å²) in [5, 5.41) is 8.75. The predicted octanol–water partition coefficient (Wildman–Crippen LogP) is 2.40. The van der Waals surface area contributed by atoms with Crippen LogP contribution >= 0.6 is 0 Å². The predicted molar refractivity (Wildman–Crippen MR) is 66.7 cm³/mol. The SMILES string of the molecule is C=CCN(C(=O)c1ccc(C(=O)O)o1)C(C)(C)C. The van der Waals surface area contributed by atoms with Gasteiger partial charge in [0, 0.05) is 12.1 Å². The minimum Gasteiger partial charge on any atom is -0.475 e. The summed E-state index contributed by atoms with van der Waals surface area (Å²) < 4.78 is 5.00. The van der Waals surface area contributed by atoms with E-state index in [1.54, 1.807) is 11.0 Å². The van der Waals surface area contributed by atoms with Crippen molar-refractivity contribution in [3.05, 3.63) is 36.3 Å². The molecule has 0 bridgehead atoms. The van der Waals surface area contributed by atoms with Gasteiger partial charge in [-0.2, -0.15) is 0 Å². The van der Waals surface area contributed by atoms with E-state index < -0.39 is 11.5 Å². The van der Waals surface area contributed by atoms with Gasteiger partial charge >= 0.3 is 5.97 Å². The molecular formula is C13H17NO4. The normalized spacial score (nSPS) is 11.1. The smallest absolute Gasteiger partial charge is 0.371 e. The van der Waals surface area contributed by atoms with Crippen molar-refractivity contribution in [2.24, 2.45) is 0 Å². The highest BCUT2D eigenvalue weighted by Crippen LogP contribution is 2.18. The van der Waals surface area contributed by atoms with Gasteiger partial charge in [0.1, 0.15) is 0 Å². The standard InChI is InChI=1S/C13H17NO4/c1-5-8-14(13(2,3)4)11(15)9-6-7-10(18-9)12(16)17/h5-7H,1,8H2,2-4H3,(H,16,17). The van der Waals surface area contributed by atoms with E-state index in [2.05, 4.69) is 6.58 Å². The highest BCUT2D eigenvalue weighted by molar-refractivity contribution is 5.94. The van der Waals surface area contributed by atoms with Crippen LogP contribution in [0.1, 0.15) is 41.9 Å². The highest BCUT2D eigenvalue weighted by atomic mass is 16.4. The molecule has 1 heterocycles. The van der Waals surface area contributed by atoms with Crippen LogP contribution in [0, 0.1) is 0 Å². The van der Waals surface area contributed by atoms with Gasteiger partial charge in [-0.05, 0) is 32.9 Å². The van der Waals surface area contributed by atoms with Crippen LogP contribution < -0.4 is 0 Å². The number of furan rings is 1. The molecule has 1 aromatic heterocycles. The van der Waals surface area contributed by atoms with Crippen LogP contribution in [0.25, 0.3) is 0 Å². The third-order valence-electron chi connectivity index (χ3n) is 2.39. The van der Waals surface area contributed by atoms with Crippen molar-refractivity contribution in [3.63, 3.8) is 0 Å². The number of carboxylic acid groups (broad SMARTS) is 1. The van der Waals surface area contributed by atoms with Crippen molar-refractivity contribution >= 4 is 11.9 Å². The van der Waals surface area contributed by atoms with Crippen LogP contribution in [-0.2, 0) is 0 Å². The first-order valence-corrected chi connectivity index (χ1v) is 5.53. The Morgan fingerprint density at radius 1 is 1.39 bits per heavy atom. The topological polar surface area (TPSA) is 70.8 Å². The maximum atomic E-state index is 12.2. The van der Waals surface area contributed by atoms with Gasteiger partial charge in [-0.15, -0.1) is 6.58 Å². The van der Waals surface area contributed by atoms with E-state index in [1.807, 2.05) is 20.8 Å². The first-order valence-electron chi connectivity index (χ1n) is 5.53. The van der Waals surface area contributed by atoms with Crippen LogP contribution in [0.2, 0.25) is 0 Å². The molecule has 0 saturated heterocycles. The Morgan fingerprint density at radius 3 is 2.33 bits per heavy atom. The van der Waals surface area contributed by atoms with E-state index >= 15 is 0 Å². The Balaban J connectivity index is 3.02. The van der Waals surface area contributed by atoms with Crippen molar-refractivity contribution in [1.29, 1.82) is 0 Å². The molecule has 0 aliphatic heterocycles. The Labute approximate surface area is 106 Å². The summed E-state index contributed by atoms with van der Waals surface area (Å²) in [4.78, 5) is 24.5. The molecule has 1 rings (SSSR count). The van der Waals surface area contributed by atoms with Gasteiger partial charge in [0.2, 0.25) is 5.76 Å². The molecule has 0 aromatic carbocycles. The quantitative estimate of drug-likeness (QED) is 0.834. The van der Waals surface area contributed by atoms with Gasteiger partial charge in [0.15, 0.2) is 5.76 Å². The summed E-state index contributed by atoms with van der Waals surface area (Å²) in [7, 11) is 0. The molecule has 0 saturated carbocycles. The van der Waals surface area contributed by atoms with Gasteiger partial charge in [0.05, 0.1) is 0 Å². The van der Waals surface area contributed by atoms with Crippen molar-refractivity contribution < 1.29 is 19.1 Å². The van der Waals surface area contributed by atoms with Crippen LogP contribution in [-0.4, -0.2) is 34.0 Å². The monoisotopic (exact) mass is 251 g/mol. The minimum atomic E-state index is -1.19. The van der Waals surface area contributed by atoms with Crippen molar-refractivity contribution in [2.45, 2.75) is 26.3 Å². The molecule has 18 heavy (non-hydrogen) atoms. The lowest BCUT2D eigenvalue weighted by Gasteiger charge is -2.34. The molecule has 0 atom stereocenters. The lowest BCUT2D eigenvalue weighted by molar-refractivity contribution is 0.0573. The fraction of sp³-hybridized carbons (Fsp3) is 0.385. The van der Waals surface area contributed by atoms with Crippen molar-refractivity contribution in [2.75, 3.05) is 6.54 Å². The number of aromatic carboxylic acids is 1. The Morgan fingerprint density at radius 2 is 1.94 bits per heavy atom. The molecule has 1 amide bonds. The molecule has 0 unspecified atom stereocenters. The largest absolute Gasteiger partial charge is 0.475 e. The summed E-state index contributed by atoms with van der Waals surface area (Å²) in [5.74, 6) is -1.77. The third-order valence-corrected chi connectivity index (χ3v) is 2.39. The zero-order chi connectivity index (χ0) is 13.9. The number of carboxylic acids is 1. The van der Waals surface area contributed by atoms with E-state index in [0.717, 1.165) is 0 Å². The molecule has 0 fully saturated rings. The summed E-state index contributed by atoms with van der Waals surface area (Å²) >= 11 is 0. The molecular weight excluding hydrogens is 234 g/mol. The van der Waals surface area contributed by atoms with Crippen molar-refractivity contribution in [3.8, 4) is 0 Å². The van der Waals surface area contributed by atoms with E-state index in [0.29, 0.717) is 6.54 Å². The number of carbonyl (C=O) groups is 2. The lowest BCUT2D eigenvalue weighted by Crippen LogP contribution is -2.45. The second-order valence-electron chi connectivity index (χ2n) is 4.84. The maximum Gasteiger partial charge on any atom is 0.371 e. The molecule has 1 N–H and O–H groups in total. The lowest BCUT2D eigenvalue weighted by atomic mass is 10.1. The molecule has 5 nitrogen and oxygen atoms in total. The van der Waals surface area contributed by atoms with E-state index in [1.165, 1.54) is 12.1 Å². The number of nitrogens with zero attached hydrogens (tertiary/aromatic N) is 1. The second-order valence-corrected chi connectivity index (χ2v) is 4.84. The fourth-order valence-electron chi connectivity index (χ4n) is 1.49. The zero-order valence-corrected chi connectivity index (χ0v) is 10.8. The Kier molecular flexibility index (Phi) is 3.96. The van der Waals surface area contributed by atoms with E-state index in [9.17, 15) is 9.59 Å². The maximum absolute atomic E-state index is 12.2. The first kappa shape index (κ1) is 14.0. The van der Waals surface area contributed by atoms with Crippen LogP contribution in [0.4, 0.5) is 0 Å². The third kappa shape index (κ3) is 3.00. The van der Waals surface area contributed by atoms with Gasteiger partial charge in [-0.25, -0.2) is 4.79 Å². The average Bonchev–Trinajstić information content (AvgIpc) is 2.72. The first-order chi connectivity index (χ1) is 8.27. The molecule has 98 valence electrons. The van der Waals surface area contributed by atoms with Crippen LogP contribution in [0.5, 0.6) is 0 Å². The summed E-state index contributed by atoms with van der Waals surface area (Å²) in [6, 6.07) is 2.64. The summed E-state index contributed by atoms with van der Waals surface area (Å²) in [6.07, 6.45) is 1.62. The zero-order valence-electron chi connectivity index (χ0n) is 10.8. The number of amides is 1. The number of rotatable bonds is 4.